The second kappa shape index (κ2) is 8.27. The predicted octanol–water partition coefficient (Wildman–Crippen LogP) is 2.98. The van der Waals surface area contributed by atoms with Crippen LogP contribution in [0.3, 0.4) is 0 Å². The molecule has 0 radical (unpaired) electrons. The lowest BCUT2D eigenvalue weighted by Gasteiger charge is -2.13. The first-order valence-corrected chi connectivity index (χ1v) is 7.26. The average molecular weight is 331 g/mol. The first-order valence-electron chi connectivity index (χ1n) is 6.47. The minimum Gasteiger partial charge on any atom is -0.353 e. The van der Waals surface area contributed by atoms with Crippen LogP contribution in [0.15, 0.2) is 22.7 Å². The summed E-state index contributed by atoms with van der Waals surface area (Å²) in [6.45, 7) is 4.76. The number of halogens is 2. The van der Waals surface area contributed by atoms with Crippen molar-refractivity contribution in [2.75, 3.05) is 6.54 Å². The van der Waals surface area contributed by atoms with Crippen molar-refractivity contribution in [3.63, 3.8) is 0 Å². The monoisotopic (exact) mass is 330 g/mol. The first kappa shape index (κ1) is 16.1. The summed E-state index contributed by atoms with van der Waals surface area (Å²) in [6, 6.07) is 4.71. The normalized spacial score (nSPS) is 12.2. The van der Waals surface area contributed by atoms with E-state index in [-0.39, 0.29) is 24.3 Å². The second-order valence-electron chi connectivity index (χ2n) is 4.60. The molecule has 1 aromatic rings. The molecule has 0 heterocycles. The van der Waals surface area contributed by atoms with Gasteiger partial charge in [-0.2, -0.15) is 0 Å². The van der Waals surface area contributed by atoms with E-state index in [2.05, 4.69) is 33.5 Å². The van der Waals surface area contributed by atoms with Crippen molar-refractivity contribution >= 4 is 21.8 Å². The highest BCUT2D eigenvalue weighted by Gasteiger charge is 2.07. The Labute approximate surface area is 122 Å². The van der Waals surface area contributed by atoms with Gasteiger partial charge in [0.25, 0.3) is 0 Å². The molecule has 0 aliphatic carbocycles. The summed E-state index contributed by atoms with van der Waals surface area (Å²) in [5.74, 6) is -0.311. The Morgan fingerprint density at radius 2 is 2.21 bits per heavy atom. The molecule has 0 saturated heterocycles. The van der Waals surface area contributed by atoms with E-state index < -0.39 is 0 Å². The smallest absolute Gasteiger partial charge is 0.234 e. The van der Waals surface area contributed by atoms with Crippen LogP contribution >= 0.6 is 15.9 Å². The molecule has 19 heavy (non-hydrogen) atoms. The van der Waals surface area contributed by atoms with Gasteiger partial charge in [0.05, 0.1) is 6.54 Å². The second-order valence-corrected chi connectivity index (χ2v) is 5.45. The molecule has 2 N–H and O–H groups in total. The molecule has 5 heteroatoms. The number of hydrogen-bond donors (Lipinski definition) is 2. The zero-order valence-electron chi connectivity index (χ0n) is 11.3. The highest BCUT2D eigenvalue weighted by molar-refractivity contribution is 9.10. The maximum absolute atomic E-state index is 13.1. The predicted molar refractivity (Wildman–Crippen MR) is 78.3 cm³/mol. The molecule has 0 aromatic heterocycles. The van der Waals surface area contributed by atoms with E-state index in [1.165, 1.54) is 12.1 Å². The van der Waals surface area contributed by atoms with Crippen molar-refractivity contribution in [1.29, 1.82) is 0 Å². The van der Waals surface area contributed by atoms with E-state index in [1.807, 2.05) is 6.92 Å². The lowest BCUT2D eigenvalue weighted by atomic mass is 10.2. The fraction of sp³-hybridized carbons (Fsp3) is 0.500. The van der Waals surface area contributed by atoms with Crippen molar-refractivity contribution < 1.29 is 9.18 Å². The summed E-state index contributed by atoms with van der Waals surface area (Å²) in [5, 5.41) is 5.91. The molecule has 0 aliphatic rings. The van der Waals surface area contributed by atoms with Gasteiger partial charge < -0.3 is 10.6 Å². The van der Waals surface area contributed by atoms with E-state index in [9.17, 15) is 9.18 Å². The highest BCUT2D eigenvalue weighted by atomic mass is 79.9. The van der Waals surface area contributed by atoms with Gasteiger partial charge in [-0.1, -0.05) is 29.3 Å². The van der Waals surface area contributed by atoms with Gasteiger partial charge in [0.1, 0.15) is 5.82 Å². The summed E-state index contributed by atoms with van der Waals surface area (Å²) in [7, 11) is 0. The Kier molecular flexibility index (Phi) is 7.02. The summed E-state index contributed by atoms with van der Waals surface area (Å²) >= 11 is 3.35. The SMILES string of the molecule is CCCC(C)NC(=O)CNCc1cc(F)ccc1Br. The topological polar surface area (TPSA) is 41.1 Å². The highest BCUT2D eigenvalue weighted by Crippen LogP contribution is 2.17. The zero-order chi connectivity index (χ0) is 14.3. The summed E-state index contributed by atoms with van der Waals surface area (Å²) in [4.78, 5) is 11.6. The summed E-state index contributed by atoms with van der Waals surface area (Å²) < 4.78 is 13.9. The van der Waals surface area contributed by atoms with Crippen LogP contribution < -0.4 is 10.6 Å². The third-order valence-electron chi connectivity index (χ3n) is 2.74. The van der Waals surface area contributed by atoms with Crippen LogP contribution in [-0.4, -0.2) is 18.5 Å². The van der Waals surface area contributed by atoms with Gasteiger partial charge in [0.2, 0.25) is 5.91 Å². The Hall–Kier alpha value is -0.940. The summed E-state index contributed by atoms with van der Waals surface area (Å²) in [5.41, 5.74) is 0.800. The van der Waals surface area contributed by atoms with Crippen molar-refractivity contribution in [3.05, 3.63) is 34.1 Å². The molecule has 1 atom stereocenters. The number of carbonyl (C=O) groups is 1. The minimum absolute atomic E-state index is 0.0338. The van der Waals surface area contributed by atoms with Crippen molar-refractivity contribution in [3.8, 4) is 0 Å². The van der Waals surface area contributed by atoms with E-state index in [4.69, 9.17) is 0 Å². The molecule has 0 bridgehead atoms. The molecule has 1 rings (SSSR count). The van der Waals surface area contributed by atoms with Crippen LogP contribution in [0.2, 0.25) is 0 Å². The first-order chi connectivity index (χ1) is 9.02. The van der Waals surface area contributed by atoms with Gasteiger partial charge in [0, 0.05) is 17.1 Å². The molecule has 0 saturated carbocycles. The molecule has 0 aliphatic heterocycles. The maximum Gasteiger partial charge on any atom is 0.234 e. The molecule has 0 spiro atoms. The zero-order valence-corrected chi connectivity index (χ0v) is 12.9. The number of carbonyl (C=O) groups excluding carboxylic acids is 1. The largest absolute Gasteiger partial charge is 0.353 e. The average Bonchev–Trinajstić information content (AvgIpc) is 2.33. The van der Waals surface area contributed by atoms with Crippen LogP contribution in [0.4, 0.5) is 4.39 Å². The van der Waals surface area contributed by atoms with Crippen LogP contribution in [-0.2, 0) is 11.3 Å². The minimum atomic E-state index is -0.277. The number of hydrogen-bond acceptors (Lipinski definition) is 2. The quantitative estimate of drug-likeness (QED) is 0.806. The number of amides is 1. The molecule has 1 aromatic carbocycles. The third kappa shape index (κ3) is 6.16. The molecular formula is C14H20BrFN2O. The molecule has 106 valence electrons. The van der Waals surface area contributed by atoms with Crippen LogP contribution in [0.1, 0.15) is 32.3 Å². The Balaban J connectivity index is 2.33. The van der Waals surface area contributed by atoms with Gasteiger partial charge in [0.15, 0.2) is 0 Å². The summed E-state index contributed by atoms with van der Waals surface area (Å²) in [6.07, 6.45) is 2.02. The molecule has 3 nitrogen and oxygen atoms in total. The Bertz CT molecular complexity index is 426. The molecular weight excluding hydrogens is 311 g/mol. The van der Waals surface area contributed by atoms with E-state index >= 15 is 0 Å². The fourth-order valence-corrected chi connectivity index (χ4v) is 2.21. The molecule has 1 unspecified atom stereocenters. The fourth-order valence-electron chi connectivity index (χ4n) is 1.82. The van der Waals surface area contributed by atoms with E-state index in [0.29, 0.717) is 6.54 Å². The number of benzene rings is 1. The Morgan fingerprint density at radius 3 is 2.89 bits per heavy atom. The molecule has 1 amide bonds. The van der Waals surface area contributed by atoms with Crippen molar-refractivity contribution in [1.82, 2.24) is 10.6 Å². The van der Waals surface area contributed by atoms with E-state index in [0.717, 1.165) is 22.9 Å². The molecule has 0 fully saturated rings. The lowest BCUT2D eigenvalue weighted by molar-refractivity contribution is -0.120. The standard InChI is InChI=1S/C14H20BrFN2O/c1-3-4-10(2)18-14(19)9-17-8-11-7-12(16)5-6-13(11)15/h5-7,10,17H,3-4,8-9H2,1-2H3,(H,18,19). The van der Waals surface area contributed by atoms with Gasteiger partial charge in [-0.05, 0) is 37.1 Å². The van der Waals surface area contributed by atoms with Crippen molar-refractivity contribution in [2.45, 2.75) is 39.3 Å². The van der Waals surface area contributed by atoms with Gasteiger partial charge in [-0.15, -0.1) is 0 Å². The third-order valence-corrected chi connectivity index (χ3v) is 3.51. The Morgan fingerprint density at radius 1 is 1.47 bits per heavy atom. The number of nitrogens with one attached hydrogen (secondary N) is 2. The maximum atomic E-state index is 13.1. The van der Waals surface area contributed by atoms with Gasteiger partial charge in [-0.3, -0.25) is 4.79 Å². The number of rotatable bonds is 7. The van der Waals surface area contributed by atoms with Crippen LogP contribution in [0.5, 0.6) is 0 Å². The van der Waals surface area contributed by atoms with E-state index in [1.54, 1.807) is 6.07 Å². The lowest BCUT2D eigenvalue weighted by Crippen LogP contribution is -2.38. The van der Waals surface area contributed by atoms with Crippen LogP contribution in [0, 0.1) is 5.82 Å². The van der Waals surface area contributed by atoms with Gasteiger partial charge >= 0.3 is 0 Å². The van der Waals surface area contributed by atoms with Gasteiger partial charge in [-0.25, -0.2) is 4.39 Å². The van der Waals surface area contributed by atoms with Crippen LogP contribution in [0.25, 0.3) is 0 Å². The van der Waals surface area contributed by atoms with Crippen molar-refractivity contribution in [2.24, 2.45) is 0 Å².